The highest BCUT2D eigenvalue weighted by molar-refractivity contribution is 5.39. The van der Waals surface area contributed by atoms with Gasteiger partial charge in [-0.1, -0.05) is 13.8 Å². The quantitative estimate of drug-likeness (QED) is 0.865. The second kappa shape index (κ2) is 6.22. The molecule has 0 saturated carbocycles. The van der Waals surface area contributed by atoms with E-state index in [0.717, 1.165) is 17.4 Å². The molecule has 2 heterocycles. The Morgan fingerprint density at radius 2 is 2.21 bits per heavy atom. The molecule has 0 saturated heterocycles. The Morgan fingerprint density at radius 3 is 2.84 bits per heavy atom. The molecule has 5 nitrogen and oxygen atoms in total. The number of furan rings is 1. The van der Waals surface area contributed by atoms with Gasteiger partial charge in [0.25, 0.3) is 0 Å². The van der Waals surface area contributed by atoms with Gasteiger partial charge in [0.2, 0.25) is 5.88 Å². The second-order valence-corrected chi connectivity index (χ2v) is 4.47. The summed E-state index contributed by atoms with van der Waals surface area (Å²) in [7, 11) is 0. The zero-order chi connectivity index (χ0) is 13.7. The van der Waals surface area contributed by atoms with Gasteiger partial charge in [-0.3, -0.25) is 0 Å². The first-order valence-electron chi connectivity index (χ1n) is 6.47. The van der Waals surface area contributed by atoms with Gasteiger partial charge >= 0.3 is 0 Å². The molecule has 1 N–H and O–H groups in total. The number of hydrogen-bond donors (Lipinski definition) is 1. The third kappa shape index (κ3) is 3.71. The van der Waals surface area contributed by atoms with Crippen molar-refractivity contribution in [1.29, 1.82) is 0 Å². The summed E-state index contributed by atoms with van der Waals surface area (Å²) in [5.41, 5.74) is 0. The van der Waals surface area contributed by atoms with Gasteiger partial charge in [-0.05, 0) is 19.1 Å². The van der Waals surface area contributed by atoms with Crippen LogP contribution in [-0.2, 0) is 6.54 Å². The summed E-state index contributed by atoms with van der Waals surface area (Å²) in [5.74, 6) is 3.24. The van der Waals surface area contributed by atoms with Crippen LogP contribution in [0.1, 0.15) is 38.3 Å². The highest BCUT2D eigenvalue weighted by Crippen LogP contribution is 2.19. The van der Waals surface area contributed by atoms with Crippen LogP contribution in [0.3, 0.4) is 0 Å². The number of nitrogens with one attached hydrogen (secondary N) is 1. The van der Waals surface area contributed by atoms with Crippen LogP contribution in [0.2, 0.25) is 0 Å². The molecule has 102 valence electrons. The van der Waals surface area contributed by atoms with E-state index in [0.29, 0.717) is 19.0 Å². The summed E-state index contributed by atoms with van der Waals surface area (Å²) in [6.07, 6.45) is 1.65. The van der Waals surface area contributed by atoms with E-state index in [4.69, 9.17) is 9.15 Å². The van der Waals surface area contributed by atoms with Crippen molar-refractivity contribution in [3.63, 3.8) is 0 Å². The summed E-state index contributed by atoms with van der Waals surface area (Å²) in [6, 6.07) is 5.58. The smallest absolute Gasteiger partial charge is 0.218 e. The number of hydrogen-bond acceptors (Lipinski definition) is 5. The number of anilines is 1. The fraction of sp³-hybridized carbons (Fsp3) is 0.429. The Labute approximate surface area is 113 Å². The summed E-state index contributed by atoms with van der Waals surface area (Å²) in [6.45, 7) is 7.23. The molecule has 0 aliphatic carbocycles. The van der Waals surface area contributed by atoms with Gasteiger partial charge < -0.3 is 14.5 Å². The van der Waals surface area contributed by atoms with Crippen molar-refractivity contribution in [2.75, 3.05) is 11.9 Å². The van der Waals surface area contributed by atoms with Gasteiger partial charge in [-0.2, -0.15) is 4.98 Å². The molecule has 0 fully saturated rings. The highest BCUT2D eigenvalue weighted by Gasteiger charge is 2.09. The fourth-order valence-corrected chi connectivity index (χ4v) is 1.60. The molecule has 2 rings (SSSR count). The maximum Gasteiger partial charge on any atom is 0.218 e. The van der Waals surface area contributed by atoms with Gasteiger partial charge in [-0.25, -0.2) is 4.98 Å². The SMILES string of the molecule is CCOc1cc(NCc2ccco2)nc(C(C)C)n1. The lowest BCUT2D eigenvalue weighted by Crippen LogP contribution is -2.07. The van der Waals surface area contributed by atoms with E-state index in [9.17, 15) is 0 Å². The zero-order valence-electron chi connectivity index (χ0n) is 11.5. The third-order valence-electron chi connectivity index (χ3n) is 2.55. The third-order valence-corrected chi connectivity index (χ3v) is 2.55. The Morgan fingerprint density at radius 1 is 1.37 bits per heavy atom. The minimum atomic E-state index is 0.254. The number of nitrogens with zero attached hydrogens (tertiary/aromatic N) is 2. The summed E-state index contributed by atoms with van der Waals surface area (Å²) < 4.78 is 10.7. The van der Waals surface area contributed by atoms with Crippen molar-refractivity contribution < 1.29 is 9.15 Å². The van der Waals surface area contributed by atoms with Crippen molar-refractivity contribution in [3.8, 4) is 5.88 Å². The van der Waals surface area contributed by atoms with Crippen LogP contribution < -0.4 is 10.1 Å². The molecule has 0 unspecified atom stereocenters. The lowest BCUT2D eigenvalue weighted by molar-refractivity contribution is 0.324. The van der Waals surface area contributed by atoms with Crippen molar-refractivity contribution in [1.82, 2.24) is 9.97 Å². The summed E-state index contributed by atoms with van der Waals surface area (Å²) >= 11 is 0. The minimum absolute atomic E-state index is 0.254. The van der Waals surface area contributed by atoms with Gasteiger partial charge in [0.05, 0.1) is 19.4 Å². The molecule has 2 aromatic heterocycles. The largest absolute Gasteiger partial charge is 0.478 e. The standard InChI is InChI=1S/C14H19N3O2/c1-4-18-13-8-12(16-14(17-13)10(2)3)15-9-11-6-5-7-19-11/h5-8,10H,4,9H2,1-3H3,(H,15,16,17). The molecule has 0 spiro atoms. The van der Waals surface area contributed by atoms with Crippen LogP contribution in [-0.4, -0.2) is 16.6 Å². The number of rotatable bonds is 6. The van der Waals surface area contributed by atoms with Gasteiger partial charge in [0.1, 0.15) is 17.4 Å². The van der Waals surface area contributed by atoms with Crippen LogP contribution in [0.25, 0.3) is 0 Å². The van der Waals surface area contributed by atoms with Gasteiger partial charge in [-0.15, -0.1) is 0 Å². The topological polar surface area (TPSA) is 60.2 Å². The van der Waals surface area contributed by atoms with Crippen LogP contribution in [0.15, 0.2) is 28.9 Å². The number of ether oxygens (including phenoxy) is 1. The molecule has 0 aliphatic heterocycles. The highest BCUT2D eigenvalue weighted by atomic mass is 16.5. The molecule has 0 aliphatic rings. The first-order chi connectivity index (χ1) is 9.19. The maximum absolute atomic E-state index is 5.46. The van der Waals surface area contributed by atoms with E-state index < -0.39 is 0 Å². The molecule has 5 heteroatoms. The van der Waals surface area contributed by atoms with Crippen molar-refractivity contribution in [2.45, 2.75) is 33.2 Å². The molecule has 19 heavy (non-hydrogen) atoms. The molecular weight excluding hydrogens is 242 g/mol. The molecule has 2 aromatic rings. The van der Waals surface area contributed by atoms with Gasteiger partial charge in [0.15, 0.2) is 0 Å². The first kappa shape index (κ1) is 13.4. The number of aromatic nitrogens is 2. The molecular formula is C14H19N3O2. The average Bonchev–Trinajstić information content (AvgIpc) is 2.89. The molecule has 0 radical (unpaired) electrons. The maximum atomic E-state index is 5.46. The van der Waals surface area contributed by atoms with E-state index in [1.165, 1.54) is 0 Å². The van der Waals surface area contributed by atoms with Gasteiger partial charge in [0, 0.05) is 12.0 Å². The average molecular weight is 261 g/mol. The Hall–Kier alpha value is -2.04. The van der Waals surface area contributed by atoms with Crippen LogP contribution in [0.5, 0.6) is 5.88 Å². The van der Waals surface area contributed by atoms with E-state index in [2.05, 4.69) is 29.1 Å². The Balaban J connectivity index is 2.13. The Bertz CT molecular complexity index is 509. The predicted octanol–water partition coefficient (Wildman–Crippen LogP) is 3.20. The first-order valence-corrected chi connectivity index (χ1v) is 6.47. The van der Waals surface area contributed by atoms with Crippen molar-refractivity contribution in [2.24, 2.45) is 0 Å². The van der Waals surface area contributed by atoms with E-state index in [-0.39, 0.29) is 5.92 Å². The molecule has 0 amide bonds. The van der Waals surface area contributed by atoms with Crippen molar-refractivity contribution in [3.05, 3.63) is 36.0 Å². The van der Waals surface area contributed by atoms with Crippen LogP contribution in [0, 0.1) is 0 Å². The lowest BCUT2D eigenvalue weighted by Gasteiger charge is -2.11. The van der Waals surface area contributed by atoms with E-state index in [1.54, 1.807) is 12.3 Å². The monoisotopic (exact) mass is 261 g/mol. The fourth-order valence-electron chi connectivity index (χ4n) is 1.60. The van der Waals surface area contributed by atoms with Crippen molar-refractivity contribution >= 4 is 5.82 Å². The predicted molar refractivity (Wildman–Crippen MR) is 73.3 cm³/mol. The molecule has 0 bridgehead atoms. The lowest BCUT2D eigenvalue weighted by atomic mass is 10.2. The summed E-state index contributed by atoms with van der Waals surface area (Å²) in [5, 5.41) is 3.22. The zero-order valence-corrected chi connectivity index (χ0v) is 11.5. The second-order valence-electron chi connectivity index (χ2n) is 4.47. The summed E-state index contributed by atoms with van der Waals surface area (Å²) in [4.78, 5) is 8.84. The van der Waals surface area contributed by atoms with E-state index >= 15 is 0 Å². The van der Waals surface area contributed by atoms with E-state index in [1.807, 2.05) is 19.1 Å². The van der Waals surface area contributed by atoms with Crippen LogP contribution in [0.4, 0.5) is 5.82 Å². The van der Waals surface area contributed by atoms with Crippen LogP contribution >= 0.6 is 0 Å². The Kier molecular flexibility index (Phi) is 4.39. The molecule has 0 atom stereocenters. The minimum Gasteiger partial charge on any atom is -0.478 e. The molecule has 0 aromatic carbocycles. The normalized spacial score (nSPS) is 10.7.